The second-order valence-electron chi connectivity index (χ2n) is 4.25. The van der Waals surface area contributed by atoms with Crippen LogP contribution in [0.25, 0.3) is 0 Å². The summed E-state index contributed by atoms with van der Waals surface area (Å²) in [6, 6.07) is 8.39. The molecular weight excluding hydrogens is 258 g/mol. The van der Waals surface area contributed by atoms with Crippen LogP contribution in [0.2, 0.25) is 0 Å². The first-order chi connectivity index (χ1) is 9.26. The van der Waals surface area contributed by atoms with Crippen molar-refractivity contribution in [2.75, 3.05) is 12.4 Å². The molecule has 1 aromatic heterocycles. The Balaban J connectivity index is 2.10. The number of aryl methyl sites for hydroxylation is 1. The van der Waals surface area contributed by atoms with Crippen molar-refractivity contribution in [3.8, 4) is 5.75 Å². The number of anilines is 1. The second-order valence-corrected chi connectivity index (χ2v) is 5.00. The highest BCUT2D eigenvalue weighted by Gasteiger charge is 2.11. The molecule has 1 aromatic carbocycles. The molecule has 0 aliphatic carbocycles. The number of methoxy groups -OCH3 is 1. The van der Waals surface area contributed by atoms with E-state index >= 15 is 0 Å². The van der Waals surface area contributed by atoms with Crippen molar-refractivity contribution < 1.29 is 4.74 Å². The quantitative estimate of drug-likeness (QED) is 0.875. The van der Waals surface area contributed by atoms with E-state index in [4.69, 9.17) is 4.74 Å². The molecule has 0 aliphatic heterocycles. The Morgan fingerprint density at radius 2 is 2.00 bits per heavy atom. The third-order valence-corrected chi connectivity index (χ3v) is 3.69. The van der Waals surface area contributed by atoms with Gasteiger partial charge in [0.15, 0.2) is 0 Å². The Morgan fingerprint density at radius 1 is 1.26 bits per heavy atom. The number of hydrogen-bond donors (Lipinski definition) is 1. The number of ether oxygens (including phenoxy) is 1. The fourth-order valence-corrected chi connectivity index (χ4v) is 2.57. The molecule has 0 radical (unpaired) electrons. The van der Waals surface area contributed by atoms with Gasteiger partial charge in [0.05, 0.1) is 13.2 Å². The highest BCUT2D eigenvalue weighted by Crippen LogP contribution is 2.25. The maximum Gasteiger partial charge on any atom is 0.203 e. The van der Waals surface area contributed by atoms with Crippen LogP contribution < -0.4 is 10.1 Å². The van der Waals surface area contributed by atoms with Crippen LogP contribution in [0.4, 0.5) is 5.13 Å². The van der Waals surface area contributed by atoms with Gasteiger partial charge in [-0.3, -0.25) is 0 Å². The van der Waals surface area contributed by atoms with Gasteiger partial charge >= 0.3 is 0 Å². The molecule has 0 aliphatic rings. The zero-order chi connectivity index (χ0) is 13.7. The van der Waals surface area contributed by atoms with E-state index in [-0.39, 0.29) is 6.04 Å². The summed E-state index contributed by atoms with van der Waals surface area (Å²) in [6.45, 7) is 4.22. The fourth-order valence-electron chi connectivity index (χ4n) is 1.86. The lowest BCUT2D eigenvalue weighted by Crippen LogP contribution is -2.09. The lowest BCUT2D eigenvalue weighted by atomic mass is 10.0. The number of rotatable bonds is 6. The molecule has 0 bridgehead atoms. The first kappa shape index (κ1) is 13.8. The first-order valence-corrected chi connectivity index (χ1v) is 7.27. The van der Waals surface area contributed by atoms with Crippen LogP contribution in [-0.2, 0) is 6.42 Å². The van der Waals surface area contributed by atoms with Gasteiger partial charge < -0.3 is 10.1 Å². The lowest BCUT2D eigenvalue weighted by Gasteiger charge is -2.16. The summed E-state index contributed by atoms with van der Waals surface area (Å²) in [7, 11) is 1.68. The minimum Gasteiger partial charge on any atom is -0.497 e. The summed E-state index contributed by atoms with van der Waals surface area (Å²) >= 11 is 1.42. The van der Waals surface area contributed by atoms with Gasteiger partial charge in [0, 0.05) is 18.0 Å². The van der Waals surface area contributed by atoms with E-state index in [1.54, 1.807) is 7.11 Å². The van der Waals surface area contributed by atoms with Crippen molar-refractivity contribution in [3.63, 3.8) is 0 Å². The molecule has 1 unspecified atom stereocenters. The predicted molar refractivity (Wildman–Crippen MR) is 78.9 cm³/mol. The number of nitrogens with zero attached hydrogens (tertiary/aromatic N) is 2. The van der Waals surface area contributed by atoms with Crippen molar-refractivity contribution in [1.82, 2.24) is 9.36 Å². The van der Waals surface area contributed by atoms with E-state index in [1.807, 2.05) is 12.1 Å². The predicted octanol–water partition coefficient (Wildman–Crippen LogP) is 3.67. The highest BCUT2D eigenvalue weighted by molar-refractivity contribution is 7.09. The average molecular weight is 277 g/mol. The lowest BCUT2D eigenvalue weighted by molar-refractivity contribution is 0.414. The van der Waals surface area contributed by atoms with E-state index in [9.17, 15) is 0 Å². The third kappa shape index (κ3) is 3.44. The minimum atomic E-state index is 0.253. The number of benzene rings is 1. The van der Waals surface area contributed by atoms with Crippen LogP contribution >= 0.6 is 11.5 Å². The Hall–Kier alpha value is -1.62. The summed E-state index contributed by atoms with van der Waals surface area (Å²) in [5.74, 6) is 1.78. The molecular formula is C14H19N3OS. The molecule has 0 saturated carbocycles. The summed E-state index contributed by atoms with van der Waals surface area (Å²) in [6.07, 6.45) is 1.87. The molecule has 0 fully saturated rings. The molecule has 1 atom stereocenters. The molecule has 1 heterocycles. The number of aromatic nitrogens is 2. The molecule has 0 amide bonds. The van der Waals surface area contributed by atoms with Crippen LogP contribution in [0.15, 0.2) is 24.3 Å². The van der Waals surface area contributed by atoms with E-state index in [0.717, 1.165) is 29.5 Å². The van der Waals surface area contributed by atoms with E-state index in [1.165, 1.54) is 17.1 Å². The van der Waals surface area contributed by atoms with E-state index in [0.29, 0.717) is 0 Å². The second kappa shape index (κ2) is 6.52. The van der Waals surface area contributed by atoms with Crippen molar-refractivity contribution in [2.45, 2.75) is 32.7 Å². The Morgan fingerprint density at radius 3 is 2.53 bits per heavy atom. The van der Waals surface area contributed by atoms with Crippen molar-refractivity contribution in [1.29, 1.82) is 0 Å². The van der Waals surface area contributed by atoms with Gasteiger partial charge in [-0.1, -0.05) is 26.0 Å². The monoisotopic (exact) mass is 277 g/mol. The summed E-state index contributed by atoms with van der Waals surface area (Å²) < 4.78 is 9.47. The van der Waals surface area contributed by atoms with E-state index in [2.05, 4.69) is 40.7 Å². The van der Waals surface area contributed by atoms with Gasteiger partial charge in [0.25, 0.3) is 0 Å². The van der Waals surface area contributed by atoms with Crippen LogP contribution in [-0.4, -0.2) is 16.5 Å². The molecule has 2 rings (SSSR count). The molecule has 0 spiro atoms. The van der Waals surface area contributed by atoms with Crippen molar-refractivity contribution in [3.05, 3.63) is 35.7 Å². The summed E-state index contributed by atoms with van der Waals surface area (Å²) in [5.41, 5.74) is 1.23. The van der Waals surface area contributed by atoms with Gasteiger partial charge in [0.2, 0.25) is 5.13 Å². The highest BCUT2D eigenvalue weighted by atomic mass is 32.1. The molecule has 0 saturated heterocycles. The minimum absolute atomic E-state index is 0.253. The van der Waals surface area contributed by atoms with Gasteiger partial charge in [0.1, 0.15) is 11.6 Å². The van der Waals surface area contributed by atoms with Crippen LogP contribution in [0, 0.1) is 0 Å². The topological polar surface area (TPSA) is 47.0 Å². The Bertz CT molecular complexity index is 510. The van der Waals surface area contributed by atoms with E-state index < -0.39 is 0 Å². The van der Waals surface area contributed by atoms with Crippen LogP contribution in [0.1, 0.15) is 37.7 Å². The molecule has 2 aromatic rings. The van der Waals surface area contributed by atoms with Crippen LogP contribution in [0.5, 0.6) is 5.75 Å². The zero-order valence-corrected chi connectivity index (χ0v) is 12.3. The van der Waals surface area contributed by atoms with Crippen molar-refractivity contribution in [2.24, 2.45) is 0 Å². The van der Waals surface area contributed by atoms with Gasteiger partial charge in [-0.05, 0) is 24.1 Å². The standard InChI is InChI=1S/C14H19N3OS/c1-4-12(10-6-8-11(18-3)9-7-10)15-14-16-13(5-2)17-19-14/h6-9,12H,4-5H2,1-3H3,(H,15,16,17). The number of nitrogens with one attached hydrogen (secondary N) is 1. The molecule has 1 N–H and O–H groups in total. The summed E-state index contributed by atoms with van der Waals surface area (Å²) in [4.78, 5) is 4.45. The fraction of sp³-hybridized carbons (Fsp3) is 0.429. The van der Waals surface area contributed by atoms with Crippen molar-refractivity contribution >= 4 is 16.7 Å². The first-order valence-electron chi connectivity index (χ1n) is 6.49. The zero-order valence-electron chi connectivity index (χ0n) is 11.5. The maximum absolute atomic E-state index is 5.18. The normalized spacial score (nSPS) is 12.2. The third-order valence-electron chi connectivity index (χ3n) is 3.01. The van der Waals surface area contributed by atoms with Gasteiger partial charge in [-0.15, -0.1) is 0 Å². The Labute approximate surface area is 118 Å². The Kier molecular flexibility index (Phi) is 4.74. The van der Waals surface area contributed by atoms with Crippen LogP contribution in [0.3, 0.4) is 0 Å². The molecule has 19 heavy (non-hydrogen) atoms. The SMILES string of the molecule is CCc1nsc(NC(CC)c2ccc(OC)cc2)n1. The number of hydrogen-bond acceptors (Lipinski definition) is 5. The summed E-state index contributed by atoms with van der Waals surface area (Å²) in [5, 5.41) is 4.33. The molecule has 4 nitrogen and oxygen atoms in total. The molecule has 102 valence electrons. The smallest absolute Gasteiger partial charge is 0.203 e. The van der Waals surface area contributed by atoms with Gasteiger partial charge in [-0.2, -0.15) is 4.37 Å². The molecule has 5 heteroatoms. The average Bonchev–Trinajstić information content (AvgIpc) is 2.92. The maximum atomic E-state index is 5.18. The largest absolute Gasteiger partial charge is 0.497 e. The van der Waals surface area contributed by atoms with Gasteiger partial charge in [-0.25, -0.2) is 4.98 Å².